The lowest BCUT2D eigenvalue weighted by Crippen LogP contribution is -2.57. The molecule has 0 aromatic rings. The largest absolute Gasteiger partial charge is 0.338 e. The van der Waals surface area contributed by atoms with Gasteiger partial charge in [-0.05, 0) is 19.3 Å². The molecule has 1 heterocycles. The molecule has 4 heteroatoms. The van der Waals surface area contributed by atoms with Crippen LogP contribution in [-0.2, 0) is 0 Å². The maximum absolute atomic E-state index is 11.6. The van der Waals surface area contributed by atoms with Gasteiger partial charge in [-0.15, -0.1) is 0 Å². The monoisotopic (exact) mass is 197 g/mol. The molecule has 2 aliphatic rings. The van der Waals surface area contributed by atoms with Gasteiger partial charge in [0.25, 0.3) is 0 Å². The van der Waals surface area contributed by atoms with Crippen molar-refractivity contribution in [2.45, 2.75) is 44.2 Å². The van der Waals surface area contributed by atoms with E-state index in [1.807, 2.05) is 4.90 Å². The number of nitrogens with zero attached hydrogens (tertiary/aromatic N) is 1. The number of carbonyl (C=O) groups is 1. The summed E-state index contributed by atoms with van der Waals surface area (Å²) in [5, 5.41) is 2.88. The minimum absolute atomic E-state index is 0.0820. The topological polar surface area (TPSA) is 58.4 Å². The van der Waals surface area contributed by atoms with Gasteiger partial charge in [0.15, 0.2) is 0 Å². The van der Waals surface area contributed by atoms with Gasteiger partial charge in [-0.2, -0.15) is 0 Å². The van der Waals surface area contributed by atoms with Crippen LogP contribution in [0.25, 0.3) is 0 Å². The fraction of sp³-hybridized carbons (Fsp3) is 0.900. The fourth-order valence-electron chi connectivity index (χ4n) is 2.49. The lowest BCUT2D eigenvalue weighted by atomic mass is 9.89. The minimum atomic E-state index is 0.0820. The third kappa shape index (κ3) is 1.85. The molecule has 1 aliphatic carbocycles. The van der Waals surface area contributed by atoms with Crippen molar-refractivity contribution >= 4 is 6.03 Å². The van der Waals surface area contributed by atoms with Crippen molar-refractivity contribution in [2.24, 2.45) is 5.73 Å². The predicted octanol–water partition coefficient (Wildman–Crippen LogP) is 0.672. The zero-order valence-corrected chi connectivity index (χ0v) is 8.54. The highest BCUT2D eigenvalue weighted by Gasteiger charge is 2.31. The molecule has 4 nitrogen and oxygen atoms in total. The third-order valence-electron chi connectivity index (χ3n) is 3.29. The molecule has 0 aromatic heterocycles. The Bertz CT molecular complexity index is 219. The van der Waals surface area contributed by atoms with Crippen molar-refractivity contribution in [1.82, 2.24) is 10.2 Å². The van der Waals surface area contributed by atoms with Crippen molar-refractivity contribution in [3.8, 4) is 0 Å². The van der Waals surface area contributed by atoms with Crippen LogP contribution in [-0.4, -0.2) is 36.1 Å². The summed E-state index contributed by atoms with van der Waals surface area (Å²) in [4.78, 5) is 13.5. The van der Waals surface area contributed by atoms with Crippen molar-refractivity contribution in [1.29, 1.82) is 0 Å². The number of hydrogen-bond acceptors (Lipinski definition) is 2. The highest BCUT2D eigenvalue weighted by atomic mass is 16.2. The van der Waals surface area contributed by atoms with E-state index in [2.05, 4.69) is 5.32 Å². The normalized spacial score (nSPS) is 34.1. The van der Waals surface area contributed by atoms with Crippen LogP contribution in [0, 0.1) is 0 Å². The second-order valence-corrected chi connectivity index (χ2v) is 4.29. The van der Waals surface area contributed by atoms with E-state index in [1.165, 1.54) is 12.8 Å². The molecule has 2 amide bonds. The number of carbonyl (C=O) groups excluding carboxylic acids is 1. The first-order chi connectivity index (χ1) is 6.79. The molecule has 2 atom stereocenters. The average Bonchev–Trinajstić information content (AvgIpc) is 2.20. The van der Waals surface area contributed by atoms with E-state index in [-0.39, 0.29) is 18.1 Å². The molecule has 0 bridgehead atoms. The second kappa shape index (κ2) is 4.17. The zero-order chi connectivity index (χ0) is 9.97. The lowest BCUT2D eigenvalue weighted by molar-refractivity contribution is 0.132. The quantitative estimate of drug-likeness (QED) is 0.649. The smallest absolute Gasteiger partial charge is 0.317 e. The molecule has 1 saturated carbocycles. The van der Waals surface area contributed by atoms with E-state index >= 15 is 0 Å². The first-order valence-electron chi connectivity index (χ1n) is 5.59. The summed E-state index contributed by atoms with van der Waals surface area (Å²) in [5.41, 5.74) is 6.05. The van der Waals surface area contributed by atoms with E-state index in [0.717, 1.165) is 32.4 Å². The van der Waals surface area contributed by atoms with Crippen LogP contribution in [0.3, 0.4) is 0 Å². The molecule has 0 aromatic carbocycles. The van der Waals surface area contributed by atoms with E-state index in [9.17, 15) is 4.79 Å². The number of nitrogens with one attached hydrogen (secondary N) is 1. The van der Waals surface area contributed by atoms with Crippen LogP contribution < -0.4 is 11.1 Å². The Morgan fingerprint density at radius 3 is 2.79 bits per heavy atom. The third-order valence-corrected chi connectivity index (χ3v) is 3.29. The highest BCUT2D eigenvalue weighted by Crippen LogP contribution is 2.22. The molecular weight excluding hydrogens is 178 g/mol. The van der Waals surface area contributed by atoms with Crippen LogP contribution in [0.1, 0.15) is 32.1 Å². The summed E-state index contributed by atoms with van der Waals surface area (Å²) < 4.78 is 0. The molecule has 0 radical (unpaired) electrons. The van der Waals surface area contributed by atoms with Crippen molar-refractivity contribution in [2.75, 3.05) is 13.1 Å². The Morgan fingerprint density at radius 2 is 2.07 bits per heavy atom. The van der Waals surface area contributed by atoms with Crippen LogP contribution in [0.4, 0.5) is 4.79 Å². The van der Waals surface area contributed by atoms with Gasteiger partial charge in [0.05, 0.1) is 0 Å². The fourth-order valence-corrected chi connectivity index (χ4v) is 2.49. The zero-order valence-electron chi connectivity index (χ0n) is 8.54. The summed E-state index contributed by atoms with van der Waals surface area (Å²) in [5.74, 6) is 0. The van der Waals surface area contributed by atoms with Gasteiger partial charge in [0.2, 0.25) is 0 Å². The SMILES string of the molecule is NC1CCCCC1N1CCCNC1=O. The Hall–Kier alpha value is -0.770. The summed E-state index contributed by atoms with van der Waals surface area (Å²) in [7, 11) is 0. The molecule has 0 spiro atoms. The summed E-state index contributed by atoms with van der Waals surface area (Å²) in [6, 6.07) is 0.551. The van der Waals surface area contributed by atoms with Crippen LogP contribution >= 0.6 is 0 Å². The molecule has 2 fully saturated rings. The molecule has 1 aliphatic heterocycles. The Morgan fingerprint density at radius 1 is 1.29 bits per heavy atom. The van der Waals surface area contributed by atoms with Crippen molar-refractivity contribution < 1.29 is 4.79 Å². The van der Waals surface area contributed by atoms with Gasteiger partial charge >= 0.3 is 6.03 Å². The Kier molecular flexibility index (Phi) is 2.91. The Balaban J connectivity index is 2.00. The van der Waals surface area contributed by atoms with Crippen LogP contribution in [0.2, 0.25) is 0 Å². The maximum atomic E-state index is 11.6. The maximum Gasteiger partial charge on any atom is 0.317 e. The number of rotatable bonds is 1. The van der Waals surface area contributed by atoms with E-state index < -0.39 is 0 Å². The minimum Gasteiger partial charge on any atom is -0.338 e. The van der Waals surface area contributed by atoms with Crippen LogP contribution in [0.5, 0.6) is 0 Å². The summed E-state index contributed by atoms with van der Waals surface area (Å²) in [6.07, 6.45) is 5.62. The highest BCUT2D eigenvalue weighted by molar-refractivity contribution is 5.75. The van der Waals surface area contributed by atoms with Gasteiger partial charge in [0.1, 0.15) is 0 Å². The van der Waals surface area contributed by atoms with Crippen LogP contribution in [0.15, 0.2) is 0 Å². The Labute approximate surface area is 84.8 Å². The predicted molar refractivity (Wildman–Crippen MR) is 55.0 cm³/mol. The molecule has 14 heavy (non-hydrogen) atoms. The number of amides is 2. The second-order valence-electron chi connectivity index (χ2n) is 4.29. The first kappa shape index (κ1) is 9.77. The molecule has 3 N–H and O–H groups in total. The first-order valence-corrected chi connectivity index (χ1v) is 5.59. The van der Waals surface area contributed by atoms with Gasteiger partial charge < -0.3 is 16.0 Å². The standard InChI is InChI=1S/C10H19N3O/c11-8-4-1-2-5-9(8)13-7-3-6-12-10(13)14/h8-9H,1-7,11H2,(H,12,14). The van der Waals surface area contributed by atoms with E-state index in [4.69, 9.17) is 5.73 Å². The molecule has 2 rings (SSSR count). The molecule has 1 saturated heterocycles. The molecule has 2 unspecified atom stereocenters. The number of hydrogen-bond donors (Lipinski definition) is 2. The van der Waals surface area contributed by atoms with Crippen molar-refractivity contribution in [3.63, 3.8) is 0 Å². The average molecular weight is 197 g/mol. The molecule has 80 valence electrons. The van der Waals surface area contributed by atoms with Gasteiger partial charge in [-0.1, -0.05) is 12.8 Å². The van der Waals surface area contributed by atoms with E-state index in [0.29, 0.717) is 0 Å². The molecular formula is C10H19N3O. The summed E-state index contributed by atoms with van der Waals surface area (Å²) >= 11 is 0. The number of nitrogens with two attached hydrogens (primary N) is 1. The van der Waals surface area contributed by atoms with Crippen molar-refractivity contribution in [3.05, 3.63) is 0 Å². The summed E-state index contributed by atoms with van der Waals surface area (Å²) in [6.45, 7) is 1.70. The number of urea groups is 1. The van der Waals surface area contributed by atoms with Gasteiger partial charge in [-0.3, -0.25) is 0 Å². The van der Waals surface area contributed by atoms with Gasteiger partial charge in [0, 0.05) is 25.2 Å². The van der Waals surface area contributed by atoms with E-state index in [1.54, 1.807) is 0 Å². The van der Waals surface area contributed by atoms with Gasteiger partial charge in [-0.25, -0.2) is 4.79 Å². The lowest BCUT2D eigenvalue weighted by Gasteiger charge is -2.40.